The van der Waals surface area contributed by atoms with Crippen LogP contribution in [0.5, 0.6) is 0 Å². The second-order valence-electron chi connectivity index (χ2n) is 2.86. The van der Waals surface area contributed by atoms with Crippen molar-refractivity contribution in [2.75, 3.05) is 11.5 Å². The molecule has 0 aromatic carbocycles. The lowest BCUT2D eigenvalue weighted by molar-refractivity contribution is -0.159. The van der Waals surface area contributed by atoms with Crippen LogP contribution < -0.4 is 11.5 Å². The summed E-state index contributed by atoms with van der Waals surface area (Å²) in [4.78, 5) is 18.2. The Bertz CT molecular complexity index is 531. The maximum Gasteiger partial charge on any atom is 0.414 e. The molecule has 2 heterocycles. The van der Waals surface area contributed by atoms with E-state index in [1.165, 1.54) is 22.7 Å². The van der Waals surface area contributed by atoms with Gasteiger partial charge in [-0.1, -0.05) is 22.7 Å². The van der Waals surface area contributed by atoms with Crippen LogP contribution in [0.2, 0.25) is 0 Å². The van der Waals surface area contributed by atoms with E-state index in [2.05, 4.69) is 20.4 Å². The molecule has 12 heteroatoms. The minimum atomic E-state index is -1.82. The highest BCUT2D eigenvalue weighted by Gasteiger charge is 2.06. The second-order valence-corrected chi connectivity index (χ2v) is 5.04. The summed E-state index contributed by atoms with van der Waals surface area (Å²) < 4.78 is 0. The number of nitrogens with zero attached hydrogens (tertiary/aromatic N) is 4. The van der Waals surface area contributed by atoms with Crippen molar-refractivity contribution >= 4 is 44.9 Å². The minimum absolute atomic E-state index is 0.465. The predicted octanol–water partition coefficient (Wildman–Crippen LogP) is -0.700. The number of carboxylic acid groups (broad SMARTS) is 2. The molecule has 19 heavy (non-hydrogen) atoms. The van der Waals surface area contributed by atoms with Crippen molar-refractivity contribution in [2.24, 2.45) is 0 Å². The number of aromatic nitrogens is 4. The molecule has 102 valence electrons. The summed E-state index contributed by atoms with van der Waals surface area (Å²) in [5.74, 6) is -3.65. The number of rotatable bonds is 2. The van der Waals surface area contributed by atoms with Crippen molar-refractivity contribution in [1.82, 2.24) is 20.4 Å². The average molecular weight is 304 g/mol. The van der Waals surface area contributed by atoms with Gasteiger partial charge in [0.2, 0.25) is 10.3 Å². The molecule has 0 bridgehead atoms. The van der Waals surface area contributed by atoms with Crippen LogP contribution in [0.4, 0.5) is 10.3 Å². The molecule has 0 unspecified atom stereocenters. The molecular formula is C7H8N6O4S2. The van der Waals surface area contributed by atoms with Gasteiger partial charge < -0.3 is 21.7 Å². The van der Waals surface area contributed by atoms with Gasteiger partial charge in [0.05, 0.1) is 6.42 Å². The number of nitrogen functional groups attached to an aromatic ring is 2. The summed E-state index contributed by atoms with van der Waals surface area (Å²) in [5, 5.41) is 32.5. The quantitative estimate of drug-likeness (QED) is 0.518. The van der Waals surface area contributed by atoms with Crippen molar-refractivity contribution < 1.29 is 19.8 Å². The van der Waals surface area contributed by atoms with E-state index in [0.717, 1.165) is 10.0 Å². The van der Waals surface area contributed by atoms with Gasteiger partial charge in [0.15, 0.2) is 0 Å². The minimum Gasteiger partial charge on any atom is -0.473 e. The van der Waals surface area contributed by atoms with Crippen LogP contribution >= 0.6 is 22.7 Å². The van der Waals surface area contributed by atoms with Gasteiger partial charge in [-0.2, -0.15) is 0 Å². The Morgan fingerprint density at radius 3 is 1.47 bits per heavy atom. The van der Waals surface area contributed by atoms with Crippen molar-refractivity contribution in [3.8, 4) is 0 Å². The van der Waals surface area contributed by atoms with Gasteiger partial charge in [-0.05, 0) is 0 Å². The van der Waals surface area contributed by atoms with Crippen LogP contribution in [-0.4, -0.2) is 42.5 Å². The van der Waals surface area contributed by atoms with Crippen LogP contribution in [0.1, 0.15) is 10.0 Å². The van der Waals surface area contributed by atoms with E-state index in [0.29, 0.717) is 16.7 Å². The van der Waals surface area contributed by atoms with E-state index in [9.17, 15) is 0 Å². The van der Waals surface area contributed by atoms with E-state index in [1.54, 1.807) is 0 Å². The molecule has 2 aromatic rings. The van der Waals surface area contributed by atoms with Crippen molar-refractivity contribution in [1.29, 1.82) is 0 Å². The largest absolute Gasteiger partial charge is 0.473 e. The van der Waals surface area contributed by atoms with Crippen LogP contribution in [0.25, 0.3) is 0 Å². The number of hydrogen-bond acceptors (Lipinski definition) is 10. The summed E-state index contributed by atoms with van der Waals surface area (Å²) in [6.45, 7) is 0. The zero-order valence-corrected chi connectivity index (χ0v) is 10.8. The lowest BCUT2D eigenvalue weighted by Crippen LogP contribution is -2.09. The van der Waals surface area contributed by atoms with E-state index in [4.69, 9.17) is 31.3 Å². The highest BCUT2D eigenvalue weighted by molar-refractivity contribution is 7.16. The molecule has 0 fully saturated rings. The Labute approximate surface area is 113 Å². The van der Waals surface area contributed by atoms with E-state index in [-0.39, 0.29) is 0 Å². The molecule has 2 aromatic heterocycles. The third kappa shape index (κ3) is 5.22. The number of hydrogen-bond donors (Lipinski definition) is 4. The van der Waals surface area contributed by atoms with Crippen LogP contribution in [0.3, 0.4) is 0 Å². The SMILES string of the molecule is Nc1nnc(Cc2nnc(N)s2)s1.O=C(O)C(=O)O. The van der Waals surface area contributed by atoms with Gasteiger partial charge in [0.1, 0.15) is 10.0 Å². The molecule has 0 radical (unpaired) electrons. The Morgan fingerprint density at radius 2 is 1.26 bits per heavy atom. The number of carboxylic acids is 2. The summed E-state index contributed by atoms with van der Waals surface area (Å²) in [5.41, 5.74) is 10.9. The zero-order valence-electron chi connectivity index (χ0n) is 9.18. The molecule has 0 amide bonds. The first-order valence-electron chi connectivity index (χ1n) is 4.50. The second kappa shape index (κ2) is 6.55. The highest BCUT2D eigenvalue weighted by Crippen LogP contribution is 2.18. The molecule has 0 atom stereocenters. The van der Waals surface area contributed by atoms with Gasteiger partial charge in [0.25, 0.3) is 0 Å². The molecule has 0 saturated heterocycles. The normalized spacial score (nSPS) is 9.47. The first-order valence-corrected chi connectivity index (χ1v) is 6.13. The monoisotopic (exact) mass is 304 g/mol. The fourth-order valence-electron chi connectivity index (χ4n) is 0.805. The maximum atomic E-state index is 9.10. The van der Waals surface area contributed by atoms with Gasteiger partial charge >= 0.3 is 11.9 Å². The zero-order chi connectivity index (χ0) is 14.4. The Morgan fingerprint density at radius 1 is 0.895 bits per heavy atom. The fraction of sp³-hybridized carbons (Fsp3) is 0.143. The first kappa shape index (κ1) is 14.7. The van der Waals surface area contributed by atoms with Crippen molar-refractivity contribution in [2.45, 2.75) is 6.42 Å². The van der Waals surface area contributed by atoms with Crippen molar-refractivity contribution in [3.05, 3.63) is 10.0 Å². The molecular weight excluding hydrogens is 296 g/mol. The maximum absolute atomic E-state index is 9.10. The number of anilines is 2. The van der Waals surface area contributed by atoms with Crippen molar-refractivity contribution in [3.63, 3.8) is 0 Å². The topological polar surface area (TPSA) is 178 Å². The summed E-state index contributed by atoms with van der Waals surface area (Å²) in [6.07, 6.45) is 0.601. The van der Waals surface area contributed by atoms with Gasteiger partial charge in [0, 0.05) is 0 Å². The van der Waals surface area contributed by atoms with Gasteiger partial charge in [-0.25, -0.2) is 9.59 Å². The van der Waals surface area contributed by atoms with E-state index >= 15 is 0 Å². The molecule has 0 spiro atoms. The highest BCUT2D eigenvalue weighted by atomic mass is 32.1. The average Bonchev–Trinajstić information content (AvgIpc) is 2.89. The Balaban J connectivity index is 0.000000258. The molecule has 10 nitrogen and oxygen atoms in total. The predicted molar refractivity (Wildman–Crippen MR) is 66.7 cm³/mol. The fourth-order valence-corrected chi connectivity index (χ4v) is 2.12. The molecule has 0 aliphatic carbocycles. The first-order chi connectivity index (χ1) is 8.88. The third-order valence-corrected chi connectivity index (χ3v) is 2.96. The molecule has 0 aliphatic heterocycles. The summed E-state index contributed by atoms with van der Waals surface area (Å²) in [7, 11) is 0. The lowest BCUT2D eigenvalue weighted by atomic mass is 10.5. The third-order valence-electron chi connectivity index (χ3n) is 1.45. The number of nitrogens with two attached hydrogens (primary N) is 2. The van der Waals surface area contributed by atoms with Gasteiger partial charge in [-0.3, -0.25) is 0 Å². The molecule has 6 N–H and O–H groups in total. The van der Waals surface area contributed by atoms with E-state index < -0.39 is 11.9 Å². The standard InChI is InChI=1S/C5H6N6S2.C2H2O4/c6-4-10-8-2(12-4)1-3-9-11-5(7)13-3;3-1(4)2(5)6/h1H2,(H2,6,10)(H2,7,11);(H,3,4)(H,5,6). The smallest absolute Gasteiger partial charge is 0.414 e. The number of aliphatic carboxylic acids is 2. The number of carbonyl (C=O) groups is 2. The summed E-state index contributed by atoms with van der Waals surface area (Å²) >= 11 is 2.69. The lowest BCUT2D eigenvalue weighted by Gasteiger charge is -1.85. The molecule has 0 saturated carbocycles. The van der Waals surface area contributed by atoms with Gasteiger partial charge in [-0.15, -0.1) is 20.4 Å². The summed E-state index contributed by atoms with van der Waals surface area (Å²) in [6, 6.07) is 0. The van der Waals surface area contributed by atoms with Crippen LogP contribution in [0.15, 0.2) is 0 Å². The van der Waals surface area contributed by atoms with E-state index in [1.807, 2.05) is 0 Å². The molecule has 2 rings (SSSR count). The Hall–Kier alpha value is -2.34. The van der Waals surface area contributed by atoms with Crippen LogP contribution in [0, 0.1) is 0 Å². The van der Waals surface area contributed by atoms with Crippen LogP contribution in [-0.2, 0) is 16.0 Å². The Kier molecular flexibility index (Phi) is 5.08. The molecule has 0 aliphatic rings.